The molecule has 88 valence electrons. The standard InChI is InChI=1S/C12H19N3O/c1-16-12-7-10(4-6-15-12)8-13-9-11-3-2-5-14-11/h4,6-7,11,13-14H,2-3,5,8-9H2,1H3. The number of methoxy groups -OCH3 is 1. The van der Waals surface area contributed by atoms with Gasteiger partial charge in [0.1, 0.15) is 0 Å². The second-order valence-corrected chi connectivity index (χ2v) is 4.13. The largest absolute Gasteiger partial charge is 0.481 e. The topological polar surface area (TPSA) is 46.2 Å². The van der Waals surface area contributed by atoms with E-state index in [1.54, 1.807) is 13.3 Å². The van der Waals surface area contributed by atoms with Crippen molar-refractivity contribution in [2.45, 2.75) is 25.4 Å². The third kappa shape index (κ3) is 3.18. The highest BCUT2D eigenvalue weighted by molar-refractivity contribution is 5.20. The molecule has 1 fully saturated rings. The van der Waals surface area contributed by atoms with E-state index < -0.39 is 0 Å². The molecular weight excluding hydrogens is 202 g/mol. The molecule has 4 nitrogen and oxygen atoms in total. The summed E-state index contributed by atoms with van der Waals surface area (Å²) in [7, 11) is 1.64. The van der Waals surface area contributed by atoms with E-state index in [2.05, 4.69) is 15.6 Å². The first-order valence-electron chi connectivity index (χ1n) is 5.81. The average molecular weight is 221 g/mol. The van der Waals surface area contributed by atoms with Crippen LogP contribution in [-0.4, -0.2) is 31.2 Å². The minimum atomic E-state index is 0.642. The van der Waals surface area contributed by atoms with Gasteiger partial charge in [-0.1, -0.05) is 0 Å². The van der Waals surface area contributed by atoms with Gasteiger partial charge >= 0.3 is 0 Å². The Bertz CT molecular complexity index is 324. The summed E-state index contributed by atoms with van der Waals surface area (Å²) in [4.78, 5) is 4.08. The Morgan fingerprint density at radius 2 is 2.56 bits per heavy atom. The molecule has 1 aromatic heterocycles. The van der Waals surface area contributed by atoms with Gasteiger partial charge in [0.25, 0.3) is 0 Å². The molecule has 0 bridgehead atoms. The van der Waals surface area contributed by atoms with Crippen molar-refractivity contribution < 1.29 is 4.74 Å². The van der Waals surface area contributed by atoms with Crippen LogP contribution < -0.4 is 15.4 Å². The Morgan fingerprint density at radius 1 is 1.62 bits per heavy atom. The fourth-order valence-electron chi connectivity index (χ4n) is 1.99. The molecule has 16 heavy (non-hydrogen) atoms. The van der Waals surface area contributed by atoms with Crippen molar-refractivity contribution >= 4 is 0 Å². The van der Waals surface area contributed by atoms with Crippen LogP contribution in [0.4, 0.5) is 0 Å². The molecule has 0 radical (unpaired) electrons. The highest BCUT2D eigenvalue weighted by Gasteiger charge is 2.12. The molecule has 1 unspecified atom stereocenters. The van der Waals surface area contributed by atoms with Crippen LogP contribution in [-0.2, 0) is 6.54 Å². The Hall–Kier alpha value is -1.13. The lowest BCUT2D eigenvalue weighted by Crippen LogP contribution is -2.33. The molecule has 1 aromatic rings. The Balaban J connectivity index is 1.75. The van der Waals surface area contributed by atoms with Crippen molar-refractivity contribution in [1.29, 1.82) is 0 Å². The van der Waals surface area contributed by atoms with Crippen molar-refractivity contribution in [2.24, 2.45) is 0 Å². The van der Waals surface area contributed by atoms with Gasteiger partial charge in [-0.15, -0.1) is 0 Å². The van der Waals surface area contributed by atoms with Crippen LogP contribution in [0.15, 0.2) is 18.3 Å². The fourth-order valence-corrected chi connectivity index (χ4v) is 1.99. The van der Waals surface area contributed by atoms with Gasteiger partial charge < -0.3 is 15.4 Å². The van der Waals surface area contributed by atoms with Gasteiger partial charge in [-0.05, 0) is 31.0 Å². The number of ether oxygens (including phenoxy) is 1. The smallest absolute Gasteiger partial charge is 0.213 e. The van der Waals surface area contributed by atoms with E-state index in [0.29, 0.717) is 11.9 Å². The van der Waals surface area contributed by atoms with Crippen LogP contribution in [0.2, 0.25) is 0 Å². The zero-order chi connectivity index (χ0) is 11.2. The van der Waals surface area contributed by atoms with Crippen molar-refractivity contribution in [1.82, 2.24) is 15.6 Å². The first-order chi connectivity index (χ1) is 7.88. The summed E-state index contributed by atoms with van der Waals surface area (Å²) in [6.07, 6.45) is 4.37. The van der Waals surface area contributed by atoms with Gasteiger partial charge in [0.05, 0.1) is 7.11 Å². The Labute approximate surface area is 96.4 Å². The third-order valence-corrected chi connectivity index (χ3v) is 2.89. The fraction of sp³-hybridized carbons (Fsp3) is 0.583. The Morgan fingerprint density at radius 3 is 3.31 bits per heavy atom. The molecule has 0 spiro atoms. The lowest BCUT2D eigenvalue weighted by Gasteiger charge is -2.11. The number of aromatic nitrogens is 1. The number of rotatable bonds is 5. The molecule has 1 saturated heterocycles. The average Bonchev–Trinajstić information content (AvgIpc) is 2.82. The number of nitrogens with one attached hydrogen (secondary N) is 2. The number of hydrogen-bond donors (Lipinski definition) is 2. The summed E-state index contributed by atoms with van der Waals surface area (Å²) >= 11 is 0. The van der Waals surface area contributed by atoms with E-state index >= 15 is 0 Å². The van der Waals surface area contributed by atoms with Crippen LogP contribution in [0.25, 0.3) is 0 Å². The van der Waals surface area contributed by atoms with Crippen LogP contribution in [0.5, 0.6) is 5.88 Å². The Kier molecular flexibility index (Phi) is 4.13. The molecule has 0 amide bonds. The molecule has 0 saturated carbocycles. The first-order valence-corrected chi connectivity index (χ1v) is 5.81. The predicted octanol–water partition coefficient (Wildman–Crippen LogP) is 0.932. The zero-order valence-electron chi connectivity index (χ0n) is 9.70. The van der Waals surface area contributed by atoms with Gasteiger partial charge in [-0.25, -0.2) is 4.98 Å². The second-order valence-electron chi connectivity index (χ2n) is 4.13. The molecule has 1 aliphatic rings. The van der Waals surface area contributed by atoms with Gasteiger partial charge in [0.2, 0.25) is 5.88 Å². The summed E-state index contributed by atoms with van der Waals surface area (Å²) in [6, 6.07) is 4.62. The van der Waals surface area contributed by atoms with E-state index in [1.165, 1.54) is 18.4 Å². The molecule has 2 N–H and O–H groups in total. The van der Waals surface area contributed by atoms with Gasteiger partial charge in [0.15, 0.2) is 0 Å². The quantitative estimate of drug-likeness (QED) is 0.776. The summed E-state index contributed by atoms with van der Waals surface area (Å²) in [5.74, 6) is 0.679. The number of nitrogens with zero attached hydrogens (tertiary/aromatic N) is 1. The molecule has 2 heterocycles. The highest BCUT2D eigenvalue weighted by atomic mass is 16.5. The summed E-state index contributed by atoms with van der Waals surface area (Å²) < 4.78 is 5.08. The minimum Gasteiger partial charge on any atom is -0.481 e. The van der Waals surface area contributed by atoms with E-state index in [9.17, 15) is 0 Å². The van der Waals surface area contributed by atoms with Crippen LogP contribution in [0, 0.1) is 0 Å². The summed E-state index contributed by atoms with van der Waals surface area (Å²) in [5.41, 5.74) is 1.21. The molecule has 1 aliphatic heterocycles. The SMILES string of the molecule is COc1cc(CNCC2CCCN2)ccn1. The van der Waals surface area contributed by atoms with Crippen molar-refractivity contribution in [2.75, 3.05) is 20.2 Å². The van der Waals surface area contributed by atoms with E-state index in [4.69, 9.17) is 4.74 Å². The molecule has 2 rings (SSSR count). The molecule has 4 heteroatoms. The van der Waals surface area contributed by atoms with Crippen LogP contribution >= 0.6 is 0 Å². The maximum Gasteiger partial charge on any atom is 0.213 e. The zero-order valence-corrected chi connectivity index (χ0v) is 9.70. The van der Waals surface area contributed by atoms with Gasteiger partial charge in [0, 0.05) is 31.4 Å². The first kappa shape index (κ1) is 11.4. The van der Waals surface area contributed by atoms with Crippen molar-refractivity contribution in [3.05, 3.63) is 23.9 Å². The minimum absolute atomic E-state index is 0.642. The van der Waals surface area contributed by atoms with Crippen LogP contribution in [0.3, 0.4) is 0 Å². The molecule has 0 aromatic carbocycles. The molecule has 1 atom stereocenters. The van der Waals surface area contributed by atoms with E-state index in [-0.39, 0.29) is 0 Å². The number of hydrogen-bond acceptors (Lipinski definition) is 4. The monoisotopic (exact) mass is 221 g/mol. The second kappa shape index (κ2) is 5.82. The van der Waals surface area contributed by atoms with Crippen molar-refractivity contribution in [3.63, 3.8) is 0 Å². The summed E-state index contributed by atoms with van der Waals surface area (Å²) in [6.45, 7) is 3.07. The van der Waals surface area contributed by atoms with Crippen LogP contribution in [0.1, 0.15) is 18.4 Å². The highest BCUT2D eigenvalue weighted by Crippen LogP contribution is 2.08. The molecule has 0 aliphatic carbocycles. The predicted molar refractivity (Wildman–Crippen MR) is 63.5 cm³/mol. The maximum atomic E-state index is 5.08. The summed E-state index contributed by atoms with van der Waals surface area (Å²) in [5, 5.41) is 6.91. The van der Waals surface area contributed by atoms with Gasteiger partial charge in [-0.2, -0.15) is 0 Å². The van der Waals surface area contributed by atoms with Gasteiger partial charge in [-0.3, -0.25) is 0 Å². The lowest BCUT2D eigenvalue weighted by molar-refractivity contribution is 0.397. The van der Waals surface area contributed by atoms with E-state index in [1.807, 2.05) is 12.1 Å². The van der Waals surface area contributed by atoms with E-state index in [0.717, 1.165) is 19.6 Å². The maximum absolute atomic E-state index is 5.08. The third-order valence-electron chi connectivity index (χ3n) is 2.89. The van der Waals surface area contributed by atoms with Crippen molar-refractivity contribution in [3.8, 4) is 5.88 Å². The normalized spacial score (nSPS) is 19.9. The molecular formula is C12H19N3O. The number of pyridine rings is 1. The lowest BCUT2D eigenvalue weighted by atomic mass is 10.2.